The van der Waals surface area contributed by atoms with Gasteiger partial charge in [0, 0.05) is 55.1 Å². The third-order valence-corrected chi connectivity index (χ3v) is 11.5. The number of benzene rings is 8. The minimum absolute atomic E-state index is 1.13. The van der Waals surface area contributed by atoms with Crippen molar-refractivity contribution in [3.8, 4) is 33.6 Å². The molecule has 1 N–H and O–H groups in total. The number of hydrogen-bond acceptors (Lipinski definition) is 0. The molecule has 3 heteroatoms. The molecule has 0 aliphatic rings. The van der Waals surface area contributed by atoms with Gasteiger partial charge in [0.2, 0.25) is 0 Å². The summed E-state index contributed by atoms with van der Waals surface area (Å²) < 4.78 is 4.78. The molecule has 8 aromatic carbocycles. The maximum Gasteiger partial charge on any atom is 0.0547 e. The number of para-hydroxylation sites is 3. The normalized spacial score (nSPS) is 12.0. The van der Waals surface area contributed by atoms with Crippen LogP contribution >= 0.6 is 0 Å². The Kier molecular flexibility index (Phi) is 7.23. The van der Waals surface area contributed by atoms with Crippen LogP contribution in [0.5, 0.6) is 0 Å². The Morgan fingerprint density at radius 3 is 1.84 bits per heavy atom. The molecule has 0 atom stereocenters. The zero-order valence-corrected chi connectivity index (χ0v) is 31.0. The van der Waals surface area contributed by atoms with Crippen LogP contribution in [0.2, 0.25) is 0 Å². The molecule has 3 nitrogen and oxygen atoms in total. The maximum absolute atomic E-state index is 3.98. The van der Waals surface area contributed by atoms with E-state index < -0.39 is 0 Å². The van der Waals surface area contributed by atoms with Gasteiger partial charge in [-0.25, -0.2) is 0 Å². The average Bonchev–Trinajstić information content (AvgIpc) is 3.89. The molecule has 0 radical (unpaired) electrons. The van der Waals surface area contributed by atoms with Crippen LogP contribution in [-0.2, 0) is 0 Å². The summed E-state index contributed by atoms with van der Waals surface area (Å²) in [5.41, 5.74) is 15.3. The molecule has 0 aliphatic heterocycles. The van der Waals surface area contributed by atoms with E-state index in [0.717, 1.165) is 22.6 Å². The predicted octanol–water partition coefficient (Wildman–Crippen LogP) is 14.4. The minimum Gasteiger partial charge on any atom is -0.358 e. The van der Waals surface area contributed by atoms with E-state index in [1.807, 2.05) is 12.2 Å². The van der Waals surface area contributed by atoms with Gasteiger partial charge in [0.15, 0.2) is 0 Å². The molecule has 264 valence electrons. The van der Waals surface area contributed by atoms with Gasteiger partial charge in [-0.3, -0.25) is 0 Å². The quantitative estimate of drug-likeness (QED) is 0.166. The van der Waals surface area contributed by atoms with Gasteiger partial charge in [0.25, 0.3) is 0 Å². The van der Waals surface area contributed by atoms with Crippen molar-refractivity contribution in [1.29, 1.82) is 0 Å². The SMILES string of the molecule is C=C/C=C\c1c(C)[nH]c2c(-c3ccc4c(c3)c3ccccc3n4-c3ccccc3)cc(-c3ccc4c(c3)c3c5ccccc5ccc3n4-c3ccccc3)cc12. The maximum atomic E-state index is 3.98. The first-order chi connectivity index (χ1) is 27.7. The molecule has 3 aromatic heterocycles. The number of hydrogen-bond donors (Lipinski definition) is 1. The van der Waals surface area contributed by atoms with Crippen LogP contribution in [-0.4, -0.2) is 14.1 Å². The van der Waals surface area contributed by atoms with Gasteiger partial charge in [-0.15, -0.1) is 0 Å². The number of rotatable bonds is 6. The van der Waals surface area contributed by atoms with E-state index in [1.54, 1.807) is 0 Å². The highest BCUT2D eigenvalue weighted by Gasteiger charge is 2.20. The van der Waals surface area contributed by atoms with E-state index >= 15 is 0 Å². The zero-order chi connectivity index (χ0) is 37.3. The summed E-state index contributed by atoms with van der Waals surface area (Å²) in [6.07, 6.45) is 6.05. The Morgan fingerprint density at radius 2 is 1.07 bits per heavy atom. The van der Waals surface area contributed by atoms with Gasteiger partial charge < -0.3 is 14.1 Å². The van der Waals surface area contributed by atoms with Crippen molar-refractivity contribution in [2.45, 2.75) is 6.92 Å². The number of aryl methyl sites for hydroxylation is 1. The van der Waals surface area contributed by atoms with Crippen molar-refractivity contribution in [2.75, 3.05) is 0 Å². The highest BCUT2D eigenvalue weighted by atomic mass is 15.0. The minimum atomic E-state index is 1.13. The number of allylic oxidation sites excluding steroid dienone is 2. The fraction of sp³-hybridized carbons (Fsp3) is 0.0189. The van der Waals surface area contributed by atoms with Crippen LogP contribution in [0.4, 0.5) is 0 Å². The second kappa shape index (κ2) is 12.6. The third-order valence-electron chi connectivity index (χ3n) is 11.5. The van der Waals surface area contributed by atoms with Crippen molar-refractivity contribution in [3.63, 3.8) is 0 Å². The number of aromatic amines is 1. The molecule has 0 aliphatic carbocycles. The molecule has 0 saturated carbocycles. The molecule has 0 bridgehead atoms. The Balaban J connectivity index is 1.18. The third kappa shape index (κ3) is 4.84. The zero-order valence-electron chi connectivity index (χ0n) is 31.0. The second-order valence-electron chi connectivity index (χ2n) is 14.7. The lowest BCUT2D eigenvalue weighted by Gasteiger charge is -2.12. The van der Waals surface area contributed by atoms with E-state index in [1.165, 1.54) is 87.6 Å². The van der Waals surface area contributed by atoms with Gasteiger partial charge in [-0.2, -0.15) is 0 Å². The Morgan fingerprint density at radius 1 is 0.482 bits per heavy atom. The number of nitrogens with zero attached hydrogens (tertiary/aromatic N) is 2. The van der Waals surface area contributed by atoms with Gasteiger partial charge in [0.1, 0.15) is 0 Å². The number of H-pyrrole nitrogens is 1. The van der Waals surface area contributed by atoms with Crippen LogP contribution in [0, 0.1) is 6.92 Å². The van der Waals surface area contributed by atoms with E-state index in [4.69, 9.17) is 0 Å². The molecule has 0 spiro atoms. The first-order valence-electron chi connectivity index (χ1n) is 19.2. The number of fused-ring (bicyclic) bond motifs is 9. The van der Waals surface area contributed by atoms with Crippen molar-refractivity contribution >= 4 is 71.4 Å². The monoisotopic (exact) mass is 715 g/mol. The van der Waals surface area contributed by atoms with E-state index in [-0.39, 0.29) is 0 Å². The summed E-state index contributed by atoms with van der Waals surface area (Å²) in [4.78, 5) is 3.80. The Hall–Kier alpha value is -7.36. The van der Waals surface area contributed by atoms with Gasteiger partial charge >= 0.3 is 0 Å². The second-order valence-corrected chi connectivity index (χ2v) is 14.7. The van der Waals surface area contributed by atoms with E-state index in [2.05, 4.69) is 204 Å². The van der Waals surface area contributed by atoms with E-state index in [9.17, 15) is 0 Å². The lowest BCUT2D eigenvalue weighted by Crippen LogP contribution is -1.93. The first-order valence-corrected chi connectivity index (χ1v) is 19.2. The Labute approximate surface area is 324 Å². The average molecular weight is 716 g/mol. The molecule has 0 unspecified atom stereocenters. The van der Waals surface area contributed by atoms with E-state index in [0.29, 0.717) is 0 Å². The van der Waals surface area contributed by atoms with Crippen molar-refractivity contribution in [1.82, 2.24) is 14.1 Å². The summed E-state index contributed by atoms with van der Waals surface area (Å²) in [5.74, 6) is 0. The molecule has 0 saturated heterocycles. The van der Waals surface area contributed by atoms with Gasteiger partial charge in [0.05, 0.1) is 27.6 Å². The molecule has 56 heavy (non-hydrogen) atoms. The van der Waals surface area contributed by atoms with Crippen LogP contribution in [0.25, 0.3) is 105 Å². The summed E-state index contributed by atoms with van der Waals surface area (Å²) in [7, 11) is 0. The molecule has 11 rings (SSSR count). The smallest absolute Gasteiger partial charge is 0.0547 e. The largest absolute Gasteiger partial charge is 0.358 e. The van der Waals surface area contributed by atoms with Crippen molar-refractivity contribution in [2.24, 2.45) is 0 Å². The highest BCUT2D eigenvalue weighted by molar-refractivity contribution is 6.22. The summed E-state index contributed by atoms with van der Waals surface area (Å²) in [6, 6.07) is 62.1. The highest BCUT2D eigenvalue weighted by Crippen LogP contribution is 2.43. The van der Waals surface area contributed by atoms with Crippen LogP contribution in [0.15, 0.2) is 189 Å². The first kappa shape index (κ1) is 32.1. The summed E-state index contributed by atoms with van der Waals surface area (Å²) in [5, 5.41) is 8.69. The van der Waals surface area contributed by atoms with Crippen LogP contribution < -0.4 is 0 Å². The predicted molar refractivity (Wildman–Crippen MR) is 239 cm³/mol. The lowest BCUT2D eigenvalue weighted by molar-refractivity contribution is 1.18. The summed E-state index contributed by atoms with van der Waals surface area (Å²) >= 11 is 0. The number of aromatic nitrogens is 3. The number of nitrogens with one attached hydrogen (secondary N) is 1. The van der Waals surface area contributed by atoms with Gasteiger partial charge in [-0.05, 0) is 107 Å². The van der Waals surface area contributed by atoms with Crippen molar-refractivity contribution < 1.29 is 0 Å². The molecule has 0 fully saturated rings. The molecule has 11 aromatic rings. The topological polar surface area (TPSA) is 25.6 Å². The van der Waals surface area contributed by atoms with Crippen LogP contribution in [0.3, 0.4) is 0 Å². The fourth-order valence-corrected chi connectivity index (χ4v) is 9.04. The standard InChI is InChI=1S/C53H37N3/c1-3-4-20-41-34(2)54-53-44(37-26-28-49-45(31-37)43-22-13-14-23-48(43)55(49)39-16-7-5-8-17-39)32-38(33-46(41)53)36-25-27-50-47(30-36)52-42-21-12-11-15-35(42)24-29-51(52)56(50)40-18-9-6-10-19-40/h3-33,54H,1H2,2H3/b20-4-. The Bertz CT molecular complexity index is 3370. The lowest BCUT2D eigenvalue weighted by atomic mass is 9.93. The molecule has 0 amide bonds. The molecular weight excluding hydrogens is 679 g/mol. The fourth-order valence-electron chi connectivity index (χ4n) is 9.04. The summed E-state index contributed by atoms with van der Waals surface area (Å²) in [6.45, 7) is 6.14. The molecular formula is C53H37N3. The van der Waals surface area contributed by atoms with Crippen molar-refractivity contribution in [3.05, 3.63) is 200 Å². The molecule has 3 heterocycles. The van der Waals surface area contributed by atoms with Gasteiger partial charge in [-0.1, -0.05) is 122 Å². The van der Waals surface area contributed by atoms with Crippen LogP contribution in [0.1, 0.15) is 11.3 Å².